The molecule has 0 radical (unpaired) electrons. The Morgan fingerprint density at radius 3 is 2.56 bits per heavy atom. The Kier molecular flexibility index (Phi) is 6.28. The van der Waals surface area contributed by atoms with Crippen molar-refractivity contribution >= 4 is 11.8 Å². The molecule has 0 aromatic rings. The van der Waals surface area contributed by atoms with Crippen LogP contribution in [0.25, 0.3) is 0 Å². The number of rotatable bonds is 4. The minimum absolute atomic E-state index is 0.785. The summed E-state index contributed by atoms with van der Waals surface area (Å²) in [5.41, 5.74) is 0. The average molecular weight is 144 g/mol. The van der Waals surface area contributed by atoms with Gasteiger partial charge in [0, 0.05) is 5.25 Å². The zero-order valence-electron chi connectivity index (χ0n) is 6.55. The van der Waals surface area contributed by atoms with Gasteiger partial charge < -0.3 is 0 Å². The second-order valence-corrected chi connectivity index (χ2v) is 3.48. The van der Waals surface area contributed by atoms with E-state index in [-0.39, 0.29) is 0 Å². The second-order valence-electron chi connectivity index (χ2n) is 2.13. The van der Waals surface area contributed by atoms with Crippen molar-refractivity contribution in [2.45, 2.75) is 38.9 Å². The molecule has 0 N–H and O–H groups in total. The SMILES string of the molecule is CC/C=C/SC(C)CC. The van der Waals surface area contributed by atoms with Crippen LogP contribution in [0, 0.1) is 0 Å². The number of hydrogen-bond acceptors (Lipinski definition) is 1. The molecule has 0 spiro atoms. The van der Waals surface area contributed by atoms with E-state index in [4.69, 9.17) is 0 Å². The van der Waals surface area contributed by atoms with E-state index in [1.54, 1.807) is 0 Å². The highest BCUT2D eigenvalue weighted by Gasteiger charge is 1.92. The van der Waals surface area contributed by atoms with Crippen molar-refractivity contribution < 1.29 is 0 Å². The molecule has 0 heterocycles. The molecule has 0 fully saturated rings. The first-order valence-corrected chi connectivity index (χ1v) is 4.56. The van der Waals surface area contributed by atoms with Gasteiger partial charge in [-0.05, 0) is 18.2 Å². The van der Waals surface area contributed by atoms with E-state index in [1.165, 1.54) is 6.42 Å². The van der Waals surface area contributed by atoms with Crippen LogP contribution in [0.2, 0.25) is 0 Å². The summed E-state index contributed by atoms with van der Waals surface area (Å²) in [4.78, 5) is 0. The third kappa shape index (κ3) is 5.97. The van der Waals surface area contributed by atoms with Gasteiger partial charge in [-0.25, -0.2) is 0 Å². The standard InChI is InChI=1S/C8H16S/c1-4-6-7-9-8(3)5-2/h6-8H,4-5H2,1-3H3/b7-6+. The molecule has 0 aromatic heterocycles. The van der Waals surface area contributed by atoms with Crippen molar-refractivity contribution in [2.75, 3.05) is 0 Å². The lowest BCUT2D eigenvalue weighted by molar-refractivity contribution is 0.910. The largest absolute Gasteiger partial charge is 0.131 e. The molecule has 0 aliphatic heterocycles. The Labute approximate surface area is 62.7 Å². The first-order chi connectivity index (χ1) is 4.31. The molecule has 0 saturated carbocycles. The zero-order chi connectivity index (χ0) is 7.11. The minimum Gasteiger partial charge on any atom is -0.131 e. The van der Waals surface area contributed by atoms with Gasteiger partial charge in [-0.2, -0.15) is 0 Å². The Bertz CT molecular complexity index is 76.6. The fourth-order valence-corrected chi connectivity index (χ4v) is 1.15. The smallest absolute Gasteiger partial charge is 0.00574 e. The topological polar surface area (TPSA) is 0 Å². The number of allylic oxidation sites excluding steroid dienone is 1. The summed E-state index contributed by atoms with van der Waals surface area (Å²) in [6.07, 6.45) is 4.62. The second kappa shape index (κ2) is 6.21. The fourth-order valence-electron chi connectivity index (χ4n) is 0.382. The monoisotopic (exact) mass is 144 g/mol. The molecule has 1 heteroatoms. The van der Waals surface area contributed by atoms with Gasteiger partial charge in [0.15, 0.2) is 0 Å². The van der Waals surface area contributed by atoms with Gasteiger partial charge in [0.2, 0.25) is 0 Å². The maximum Gasteiger partial charge on any atom is 0.00574 e. The molecule has 0 saturated heterocycles. The van der Waals surface area contributed by atoms with Crippen LogP contribution < -0.4 is 0 Å². The third-order valence-corrected chi connectivity index (χ3v) is 2.37. The van der Waals surface area contributed by atoms with Crippen LogP contribution in [-0.2, 0) is 0 Å². The molecular formula is C8H16S. The number of thioether (sulfide) groups is 1. The first-order valence-electron chi connectivity index (χ1n) is 3.61. The lowest BCUT2D eigenvalue weighted by Gasteiger charge is -2.00. The maximum atomic E-state index is 2.25. The summed E-state index contributed by atoms with van der Waals surface area (Å²) in [5, 5.41) is 2.99. The van der Waals surface area contributed by atoms with E-state index in [0.29, 0.717) is 0 Å². The molecule has 0 aliphatic rings. The van der Waals surface area contributed by atoms with Gasteiger partial charge in [-0.1, -0.05) is 26.8 Å². The average Bonchev–Trinajstić information content (AvgIpc) is 1.89. The minimum atomic E-state index is 0.785. The highest BCUT2D eigenvalue weighted by atomic mass is 32.2. The van der Waals surface area contributed by atoms with Gasteiger partial charge in [-0.3, -0.25) is 0 Å². The Morgan fingerprint density at radius 2 is 2.11 bits per heavy atom. The van der Waals surface area contributed by atoms with Crippen molar-refractivity contribution in [1.29, 1.82) is 0 Å². The van der Waals surface area contributed by atoms with Crippen molar-refractivity contribution in [1.82, 2.24) is 0 Å². The Hall–Kier alpha value is 0.0900. The van der Waals surface area contributed by atoms with Gasteiger partial charge >= 0.3 is 0 Å². The summed E-state index contributed by atoms with van der Waals surface area (Å²) in [7, 11) is 0. The van der Waals surface area contributed by atoms with E-state index in [0.717, 1.165) is 11.7 Å². The number of hydrogen-bond donors (Lipinski definition) is 0. The summed E-state index contributed by atoms with van der Waals surface area (Å²) in [5.74, 6) is 0. The summed E-state index contributed by atoms with van der Waals surface area (Å²) in [6, 6.07) is 0. The van der Waals surface area contributed by atoms with Crippen LogP contribution in [0.5, 0.6) is 0 Å². The molecule has 0 rings (SSSR count). The highest BCUT2D eigenvalue weighted by Crippen LogP contribution is 2.14. The van der Waals surface area contributed by atoms with E-state index < -0.39 is 0 Å². The quantitative estimate of drug-likeness (QED) is 0.582. The predicted molar refractivity (Wildman–Crippen MR) is 46.8 cm³/mol. The highest BCUT2D eigenvalue weighted by molar-refractivity contribution is 8.02. The maximum absolute atomic E-state index is 2.25. The van der Waals surface area contributed by atoms with Gasteiger partial charge in [0.25, 0.3) is 0 Å². The van der Waals surface area contributed by atoms with Gasteiger partial charge in [0.1, 0.15) is 0 Å². The van der Waals surface area contributed by atoms with Crippen LogP contribution in [-0.4, -0.2) is 5.25 Å². The van der Waals surface area contributed by atoms with Crippen LogP contribution in [0.15, 0.2) is 11.5 Å². The molecule has 0 aliphatic carbocycles. The Morgan fingerprint density at radius 1 is 1.44 bits per heavy atom. The fraction of sp³-hybridized carbons (Fsp3) is 0.750. The first kappa shape index (κ1) is 9.09. The summed E-state index contributed by atoms with van der Waals surface area (Å²) < 4.78 is 0. The van der Waals surface area contributed by atoms with E-state index in [1.807, 2.05) is 11.8 Å². The van der Waals surface area contributed by atoms with Crippen molar-refractivity contribution in [3.8, 4) is 0 Å². The molecule has 0 amide bonds. The van der Waals surface area contributed by atoms with Crippen LogP contribution >= 0.6 is 11.8 Å². The predicted octanol–water partition coefficient (Wildman–Crippen LogP) is 3.44. The Balaban J connectivity index is 3.15. The summed E-state index contributed by atoms with van der Waals surface area (Å²) >= 11 is 1.92. The van der Waals surface area contributed by atoms with Crippen LogP contribution in [0.4, 0.5) is 0 Å². The van der Waals surface area contributed by atoms with Gasteiger partial charge in [-0.15, -0.1) is 11.8 Å². The molecule has 9 heavy (non-hydrogen) atoms. The van der Waals surface area contributed by atoms with Crippen LogP contribution in [0.1, 0.15) is 33.6 Å². The van der Waals surface area contributed by atoms with Gasteiger partial charge in [0.05, 0.1) is 0 Å². The molecule has 0 nitrogen and oxygen atoms in total. The van der Waals surface area contributed by atoms with Crippen molar-refractivity contribution in [3.63, 3.8) is 0 Å². The molecular weight excluding hydrogens is 128 g/mol. The molecule has 0 bridgehead atoms. The van der Waals surface area contributed by atoms with Crippen molar-refractivity contribution in [3.05, 3.63) is 11.5 Å². The van der Waals surface area contributed by atoms with E-state index in [2.05, 4.69) is 32.3 Å². The normalized spacial score (nSPS) is 14.6. The van der Waals surface area contributed by atoms with Crippen LogP contribution in [0.3, 0.4) is 0 Å². The van der Waals surface area contributed by atoms with E-state index >= 15 is 0 Å². The molecule has 1 unspecified atom stereocenters. The summed E-state index contributed by atoms with van der Waals surface area (Å²) in [6.45, 7) is 6.63. The van der Waals surface area contributed by atoms with E-state index in [9.17, 15) is 0 Å². The molecule has 0 aromatic carbocycles. The third-order valence-electron chi connectivity index (χ3n) is 1.22. The lowest BCUT2D eigenvalue weighted by atomic mass is 10.4. The molecule has 54 valence electrons. The van der Waals surface area contributed by atoms with Crippen molar-refractivity contribution in [2.24, 2.45) is 0 Å². The molecule has 1 atom stereocenters. The zero-order valence-corrected chi connectivity index (χ0v) is 7.37. The lowest BCUT2D eigenvalue weighted by Crippen LogP contribution is -1.87.